The van der Waals surface area contributed by atoms with Gasteiger partial charge in [0.05, 0.1) is 0 Å². The average Bonchev–Trinajstić information content (AvgIpc) is 3.35. The molecule has 2 atom stereocenters. The van der Waals surface area contributed by atoms with Crippen molar-refractivity contribution in [3.8, 4) is 11.4 Å². The van der Waals surface area contributed by atoms with Crippen LogP contribution < -0.4 is 0 Å². The van der Waals surface area contributed by atoms with Crippen molar-refractivity contribution in [3.05, 3.63) is 65.5 Å². The van der Waals surface area contributed by atoms with E-state index in [9.17, 15) is 9.18 Å². The number of carbonyl (C=O) groups is 1. The Morgan fingerprint density at radius 2 is 1.68 bits per heavy atom. The SMILES string of the molecule is O=C(c1ccc(-c2nn[nH]n2)cc1)N1C2CCC1CC(c1ccc(F)cc1)C2. The Kier molecular flexibility index (Phi) is 4.15. The highest BCUT2D eigenvalue weighted by Crippen LogP contribution is 2.43. The third-order valence-electron chi connectivity index (χ3n) is 6.04. The molecule has 2 saturated heterocycles. The Morgan fingerprint density at radius 3 is 2.29 bits per heavy atom. The standard InChI is InChI=1S/C21H20FN5O/c22-17-7-5-13(6-8-17)16-11-18-9-10-19(12-16)27(18)21(28)15-3-1-14(2-4-15)20-23-25-26-24-20/h1-8,16,18-19H,9-12H2,(H,23,24,25,26). The number of nitrogens with zero attached hydrogens (tertiary/aromatic N) is 4. The van der Waals surface area contributed by atoms with E-state index in [1.165, 1.54) is 17.7 Å². The Balaban J connectivity index is 1.33. The lowest BCUT2D eigenvalue weighted by Gasteiger charge is -2.39. The Morgan fingerprint density at radius 1 is 1.00 bits per heavy atom. The van der Waals surface area contributed by atoms with Crippen molar-refractivity contribution in [1.82, 2.24) is 25.5 Å². The zero-order valence-electron chi connectivity index (χ0n) is 15.3. The van der Waals surface area contributed by atoms with Gasteiger partial charge in [-0.25, -0.2) is 4.39 Å². The second kappa shape index (κ2) is 6.82. The molecular formula is C21H20FN5O. The normalized spacial score (nSPS) is 23.8. The van der Waals surface area contributed by atoms with E-state index in [0.29, 0.717) is 17.3 Å². The number of aromatic nitrogens is 4. The molecule has 28 heavy (non-hydrogen) atoms. The molecule has 5 rings (SSSR count). The van der Waals surface area contributed by atoms with E-state index in [-0.39, 0.29) is 23.8 Å². The van der Waals surface area contributed by atoms with Gasteiger partial charge in [0.1, 0.15) is 5.82 Å². The molecular weight excluding hydrogens is 357 g/mol. The number of hydrogen-bond acceptors (Lipinski definition) is 4. The minimum absolute atomic E-state index is 0.0877. The van der Waals surface area contributed by atoms with Gasteiger partial charge >= 0.3 is 0 Å². The van der Waals surface area contributed by atoms with Crippen molar-refractivity contribution < 1.29 is 9.18 Å². The van der Waals surface area contributed by atoms with Gasteiger partial charge in [-0.2, -0.15) is 5.21 Å². The Bertz CT molecular complexity index is 957. The quantitative estimate of drug-likeness (QED) is 0.757. The van der Waals surface area contributed by atoms with Crippen LogP contribution in [0.25, 0.3) is 11.4 Å². The smallest absolute Gasteiger partial charge is 0.254 e. The van der Waals surface area contributed by atoms with Gasteiger partial charge in [-0.1, -0.05) is 24.3 Å². The molecule has 0 aliphatic carbocycles. The van der Waals surface area contributed by atoms with Crippen LogP contribution in [0.1, 0.15) is 47.5 Å². The number of tetrazole rings is 1. The van der Waals surface area contributed by atoms with Crippen LogP contribution in [-0.2, 0) is 0 Å². The lowest BCUT2D eigenvalue weighted by Crippen LogP contribution is -2.46. The van der Waals surface area contributed by atoms with Gasteiger partial charge in [-0.05, 0) is 66.6 Å². The molecule has 0 radical (unpaired) electrons. The summed E-state index contributed by atoms with van der Waals surface area (Å²) < 4.78 is 13.2. The molecule has 7 heteroatoms. The molecule has 6 nitrogen and oxygen atoms in total. The van der Waals surface area contributed by atoms with Crippen LogP contribution >= 0.6 is 0 Å². The molecule has 142 valence electrons. The lowest BCUT2D eigenvalue weighted by molar-refractivity contribution is 0.0571. The third kappa shape index (κ3) is 2.96. The first-order valence-electron chi connectivity index (χ1n) is 9.61. The van der Waals surface area contributed by atoms with E-state index in [1.807, 2.05) is 36.4 Å². The predicted octanol–water partition coefficient (Wildman–Crippen LogP) is 3.56. The van der Waals surface area contributed by atoms with Crippen LogP contribution in [0.3, 0.4) is 0 Å². The lowest BCUT2D eigenvalue weighted by atomic mass is 9.85. The van der Waals surface area contributed by atoms with Gasteiger partial charge in [-0.15, -0.1) is 10.2 Å². The van der Waals surface area contributed by atoms with Crippen molar-refractivity contribution in [3.63, 3.8) is 0 Å². The minimum atomic E-state index is -0.205. The second-order valence-corrected chi connectivity index (χ2v) is 7.63. The zero-order valence-corrected chi connectivity index (χ0v) is 15.3. The van der Waals surface area contributed by atoms with Crippen molar-refractivity contribution in [2.75, 3.05) is 0 Å². The maximum Gasteiger partial charge on any atom is 0.254 e. The molecule has 2 aliphatic heterocycles. The van der Waals surface area contributed by atoms with Crippen molar-refractivity contribution in [2.45, 2.75) is 43.7 Å². The predicted molar refractivity (Wildman–Crippen MR) is 101 cm³/mol. The van der Waals surface area contributed by atoms with Gasteiger partial charge in [0.25, 0.3) is 5.91 Å². The molecule has 0 spiro atoms. The van der Waals surface area contributed by atoms with Gasteiger partial charge in [0.15, 0.2) is 0 Å². The summed E-state index contributed by atoms with van der Waals surface area (Å²) >= 11 is 0. The average molecular weight is 377 g/mol. The van der Waals surface area contributed by atoms with E-state index in [0.717, 1.165) is 31.2 Å². The number of halogens is 1. The first kappa shape index (κ1) is 17.0. The Labute approximate surface area is 161 Å². The van der Waals surface area contributed by atoms with Crippen LogP contribution in [0.4, 0.5) is 4.39 Å². The fourth-order valence-corrected chi connectivity index (χ4v) is 4.71. The van der Waals surface area contributed by atoms with E-state index in [1.54, 1.807) is 0 Å². The summed E-state index contributed by atoms with van der Waals surface area (Å²) in [6.45, 7) is 0. The summed E-state index contributed by atoms with van der Waals surface area (Å²) in [5.74, 6) is 0.787. The molecule has 2 bridgehead atoms. The van der Waals surface area contributed by atoms with Gasteiger partial charge < -0.3 is 4.90 Å². The van der Waals surface area contributed by atoms with Gasteiger partial charge in [-0.3, -0.25) is 4.79 Å². The largest absolute Gasteiger partial charge is 0.333 e. The van der Waals surface area contributed by atoms with E-state index >= 15 is 0 Å². The number of piperidine rings is 1. The summed E-state index contributed by atoms with van der Waals surface area (Å²) in [4.78, 5) is 15.2. The van der Waals surface area contributed by atoms with E-state index < -0.39 is 0 Å². The van der Waals surface area contributed by atoms with Crippen molar-refractivity contribution in [2.24, 2.45) is 0 Å². The fourth-order valence-electron chi connectivity index (χ4n) is 4.71. The molecule has 2 fully saturated rings. The van der Waals surface area contributed by atoms with E-state index in [2.05, 4.69) is 25.5 Å². The molecule has 2 aliphatic rings. The van der Waals surface area contributed by atoms with Gasteiger partial charge in [0, 0.05) is 23.2 Å². The first-order chi connectivity index (χ1) is 13.7. The van der Waals surface area contributed by atoms with Gasteiger partial charge in [0.2, 0.25) is 5.82 Å². The van der Waals surface area contributed by atoms with E-state index in [4.69, 9.17) is 0 Å². The minimum Gasteiger partial charge on any atom is -0.333 e. The highest BCUT2D eigenvalue weighted by molar-refractivity contribution is 5.95. The van der Waals surface area contributed by atoms with Crippen LogP contribution in [0.2, 0.25) is 0 Å². The summed E-state index contributed by atoms with van der Waals surface area (Å²) in [6, 6.07) is 14.7. The summed E-state index contributed by atoms with van der Waals surface area (Å²) in [6.07, 6.45) is 3.95. The number of nitrogens with one attached hydrogen (secondary N) is 1. The molecule has 1 amide bonds. The van der Waals surface area contributed by atoms with Crippen LogP contribution in [0.5, 0.6) is 0 Å². The summed E-state index contributed by atoms with van der Waals surface area (Å²) in [7, 11) is 0. The first-order valence-corrected chi connectivity index (χ1v) is 9.61. The fraction of sp³-hybridized carbons (Fsp3) is 0.333. The second-order valence-electron chi connectivity index (χ2n) is 7.63. The number of benzene rings is 2. The maximum atomic E-state index is 13.2. The zero-order chi connectivity index (χ0) is 19.1. The monoisotopic (exact) mass is 377 g/mol. The highest BCUT2D eigenvalue weighted by Gasteiger charge is 2.43. The van der Waals surface area contributed by atoms with Crippen molar-refractivity contribution in [1.29, 1.82) is 0 Å². The number of fused-ring (bicyclic) bond motifs is 2. The molecule has 3 heterocycles. The number of rotatable bonds is 3. The molecule has 3 aromatic rings. The Hall–Kier alpha value is -3.09. The number of carbonyl (C=O) groups excluding carboxylic acids is 1. The van der Waals surface area contributed by atoms with Crippen LogP contribution in [-0.4, -0.2) is 43.5 Å². The third-order valence-corrected chi connectivity index (χ3v) is 6.04. The number of amides is 1. The topological polar surface area (TPSA) is 74.8 Å². The molecule has 2 unspecified atom stereocenters. The van der Waals surface area contributed by atoms with Crippen LogP contribution in [0.15, 0.2) is 48.5 Å². The van der Waals surface area contributed by atoms with Crippen LogP contribution in [0, 0.1) is 5.82 Å². The molecule has 1 aromatic heterocycles. The maximum absolute atomic E-state index is 13.2. The molecule has 0 saturated carbocycles. The highest BCUT2D eigenvalue weighted by atomic mass is 19.1. The number of H-pyrrole nitrogens is 1. The molecule has 1 N–H and O–H groups in total. The summed E-state index contributed by atoms with van der Waals surface area (Å²) in [5.41, 5.74) is 2.68. The van der Waals surface area contributed by atoms with Crippen molar-refractivity contribution >= 4 is 5.91 Å². The number of aromatic amines is 1. The molecule has 2 aromatic carbocycles. The number of hydrogen-bond donors (Lipinski definition) is 1. The summed E-state index contributed by atoms with van der Waals surface area (Å²) in [5, 5.41) is 13.9.